The van der Waals surface area contributed by atoms with Crippen molar-refractivity contribution in [2.24, 2.45) is 5.92 Å². The van der Waals surface area contributed by atoms with Gasteiger partial charge < -0.3 is 15.4 Å². The van der Waals surface area contributed by atoms with Crippen molar-refractivity contribution in [1.82, 2.24) is 9.62 Å². The predicted octanol–water partition coefficient (Wildman–Crippen LogP) is 0.541. The summed E-state index contributed by atoms with van der Waals surface area (Å²) in [5.74, 6) is -0.945. The zero-order chi connectivity index (χ0) is 18.8. The molecule has 9 heteroatoms. The second-order valence-electron chi connectivity index (χ2n) is 7.06. The molecule has 0 aliphatic carbocycles. The van der Waals surface area contributed by atoms with Gasteiger partial charge in [0.05, 0.1) is 30.1 Å². The SMILES string of the molecule is O=C1Nc2ccc(S(=O)(=O)N3C[C@H]4COC[C@@H](C3)C(=O)N4)c3cccc1c23. The quantitative estimate of drug-likeness (QED) is 0.783. The van der Waals surface area contributed by atoms with E-state index in [0.29, 0.717) is 22.0 Å². The van der Waals surface area contributed by atoms with Gasteiger partial charge >= 0.3 is 0 Å². The van der Waals surface area contributed by atoms with Gasteiger partial charge in [-0.2, -0.15) is 4.31 Å². The second kappa shape index (κ2) is 5.75. The third kappa shape index (κ3) is 2.46. The van der Waals surface area contributed by atoms with E-state index in [1.54, 1.807) is 24.3 Å². The summed E-state index contributed by atoms with van der Waals surface area (Å²) >= 11 is 0. The van der Waals surface area contributed by atoms with Gasteiger partial charge in [-0.1, -0.05) is 12.1 Å². The van der Waals surface area contributed by atoms with E-state index in [4.69, 9.17) is 4.74 Å². The number of carbonyl (C=O) groups is 2. The average Bonchev–Trinajstić information content (AvgIpc) is 2.75. The highest BCUT2D eigenvalue weighted by atomic mass is 32.2. The first-order valence-electron chi connectivity index (χ1n) is 8.70. The van der Waals surface area contributed by atoms with Crippen LogP contribution in [0, 0.1) is 5.92 Å². The Kier molecular flexibility index (Phi) is 3.55. The van der Waals surface area contributed by atoms with Crippen LogP contribution in [0.2, 0.25) is 0 Å². The Morgan fingerprint density at radius 3 is 2.78 bits per heavy atom. The molecule has 2 atom stereocenters. The molecule has 0 aromatic heterocycles. The molecular formula is C18H17N3O5S. The van der Waals surface area contributed by atoms with Gasteiger partial charge in [0.1, 0.15) is 0 Å². The van der Waals surface area contributed by atoms with Crippen molar-refractivity contribution in [3.8, 4) is 0 Å². The molecule has 27 heavy (non-hydrogen) atoms. The minimum absolute atomic E-state index is 0.0742. The topological polar surface area (TPSA) is 105 Å². The first-order valence-corrected chi connectivity index (χ1v) is 10.1. The maximum Gasteiger partial charge on any atom is 0.256 e. The number of nitrogens with zero attached hydrogens (tertiary/aromatic N) is 1. The molecule has 3 heterocycles. The smallest absolute Gasteiger partial charge is 0.256 e. The number of hydrogen-bond donors (Lipinski definition) is 2. The van der Waals surface area contributed by atoms with Crippen LogP contribution in [0.25, 0.3) is 10.8 Å². The van der Waals surface area contributed by atoms with Gasteiger partial charge in [-0.3, -0.25) is 9.59 Å². The van der Waals surface area contributed by atoms with Crippen molar-refractivity contribution < 1.29 is 22.7 Å². The summed E-state index contributed by atoms with van der Waals surface area (Å²) in [6, 6.07) is 7.84. The summed E-state index contributed by atoms with van der Waals surface area (Å²) in [6.07, 6.45) is 0. The van der Waals surface area contributed by atoms with E-state index in [1.807, 2.05) is 0 Å². The Morgan fingerprint density at radius 1 is 1.07 bits per heavy atom. The zero-order valence-electron chi connectivity index (χ0n) is 14.3. The summed E-state index contributed by atoms with van der Waals surface area (Å²) in [6.45, 7) is 0.725. The monoisotopic (exact) mass is 387 g/mol. The molecule has 0 saturated carbocycles. The molecule has 140 valence electrons. The lowest BCUT2D eigenvalue weighted by atomic mass is 10.1. The fraction of sp³-hybridized carbons (Fsp3) is 0.333. The molecular weight excluding hydrogens is 370 g/mol. The lowest BCUT2D eigenvalue weighted by Crippen LogP contribution is -2.44. The van der Waals surface area contributed by atoms with Crippen molar-refractivity contribution >= 4 is 38.3 Å². The molecule has 2 N–H and O–H groups in total. The molecule has 2 aromatic rings. The number of carbonyl (C=O) groups excluding carboxylic acids is 2. The molecule has 2 aromatic carbocycles. The van der Waals surface area contributed by atoms with Crippen LogP contribution in [0.3, 0.4) is 0 Å². The lowest BCUT2D eigenvalue weighted by Gasteiger charge is -2.27. The lowest BCUT2D eigenvalue weighted by molar-refractivity contribution is -0.125. The number of fused-ring (bicyclic) bond motifs is 3. The first-order chi connectivity index (χ1) is 12.9. The summed E-state index contributed by atoms with van der Waals surface area (Å²) in [4.78, 5) is 24.4. The number of nitrogens with one attached hydrogen (secondary N) is 2. The number of hydrogen-bond acceptors (Lipinski definition) is 5. The Labute approximate surface area is 155 Å². The Hall–Kier alpha value is -2.49. The zero-order valence-corrected chi connectivity index (χ0v) is 15.1. The van der Waals surface area contributed by atoms with Crippen LogP contribution in [-0.2, 0) is 19.6 Å². The molecule has 3 aliphatic rings. The van der Waals surface area contributed by atoms with Crippen LogP contribution in [0.4, 0.5) is 5.69 Å². The summed E-state index contributed by atoms with van der Waals surface area (Å²) in [7, 11) is -3.85. The van der Waals surface area contributed by atoms with Crippen LogP contribution in [0.5, 0.6) is 0 Å². The average molecular weight is 387 g/mol. The molecule has 2 fully saturated rings. The number of sulfonamides is 1. The minimum atomic E-state index is -3.85. The largest absolute Gasteiger partial charge is 0.378 e. The van der Waals surface area contributed by atoms with Crippen molar-refractivity contribution in [3.05, 3.63) is 35.9 Å². The fourth-order valence-corrected chi connectivity index (χ4v) is 5.73. The Bertz CT molecular complexity index is 1100. The molecule has 3 aliphatic heterocycles. The van der Waals surface area contributed by atoms with Gasteiger partial charge in [0.15, 0.2) is 0 Å². The highest BCUT2D eigenvalue weighted by molar-refractivity contribution is 7.89. The van der Waals surface area contributed by atoms with Gasteiger partial charge in [0.2, 0.25) is 15.9 Å². The second-order valence-corrected chi connectivity index (χ2v) is 8.96. The van der Waals surface area contributed by atoms with E-state index >= 15 is 0 Å². The first kappa shape index (κ1) is 16.7. The fourth-order valence-electron chi connectivity index (χ4n) is 4.01. The van der Waals surface area contributed by atoms with E-state index in [9.17, 15) is 18.0 Å². The van der Waals surface area contributed by atoms with Crippen LogP contribution in [0.15, 0.2) is 35.2 Å². The maximum absolute atomic E-state index is 13.5. The van der Waals surface area contributed by atoms with E-state index < -0.39 is 15.9 Å². The van der Waals surface area contributed by atoms with Crippen LogP contribution in [0.1, 0.15) is 10.4 Å². The van der Waals surface area contributed by atoms with Crippen molar-refractivity contribution in [1.29, 1.82) is 0 Å². The molecule has 0 unspecified atom stereocenters. The van der Waals surface area contributed by atoms with Gasteiger partial charge in [-0.25, -0.2) is 8.42 Å². The number of benzene rings is 2. The van der Waals surface area contributed by atoms with Gasteiger partial charge in [-0.05, 0) is 18.2 Å². The molecule has 2 saturated heterocycles. The number of amides is 2. The predicted molar refractivity (Wildman–Crippen MR) is 96.9 cm³/mol. The van der Waals surface area contributed by atoms with Crippen LogP contribution < -0.4 is 10.6 Å². The standard InChI is InChI=1S/C18H17N3O5S/c22-17-10-6-21(7-11(19-17)9-26-8-10)27(24,25)15-5-4-14-16-12(15)2-1-3-13(16)18(23)20-14/h1-5,10-11H,6-9H2,(H,19,22)(H,20,23)/t10-,11+/m1/s1. The third-order valence-corrected chi connectivity index (χ3v) is 7.20. The molecule has 2 bridgehead atoms. The molecule has 8 nitrogen and oxygen atoms in total. The van der Waals surface area contributed by atoms with E-state index in [2.05, 4.69) is 10.6 Å². The summed E-state index contributed by atoms with van der Waals surface area (Å²) in [5.41, 5.74) is 1.08. The minimum Gasteiger partial charge on any atom is -0.378 e. The summed E-state index contributed by atoms with van der Waals surface area (Å²) < 4.78 is 33.7. The molecule has 0 radical (unpaired) electrons. The molecule has 0 spiro atoms. The summed E-state index contributed by atoms with van der Waals surface area (Å²) in [5, 5.41) is 6.73. The van der Waals surface area contributed by atoms with Gasteiger partial charge in [0.25, 0.3) is 5.91 Å². The van der Waals surface area contributed by atoms with E-state index in [0.717, 1.165) is 0 Å². The van der Waals surface area contributed by atoms with Crippen molar-refractivity contribution in [2.75, 3.05) is 31.6 Å². The number of anilines is 1. The number of rotatable bonds is 2. The molecule has 2 amide bonds. The Balaban J connectivity index is 1.64. The normalized spacial score (nSPS) is 25.2. The molecule has 5 rings (SSSR count). The third-order valence-electron chi connectivity index (χ3n) is 5.31. The van der Waals surface area contributed by atoms with Crippen molar-refractivity contribution in [2.45, 2.75) is 10.9 Å². The van der Waals surface area contributed by atoms with E-state index in [1.165, 1.54) is 10.4 Å². The Morgan fingerprint density at radius 2 is 1.93 bits per heavy atom. The van der Waals surface area contributed by atoms with Crippen LogP contribution in [-0.4, -0.2) is 56.9 Å². The highest BCUT2D eigenvalue weighted by Gasteiger charge is 2.39. The van der Waals surface area contributed by atoms with Crippen molar-refractivity contribution in [3.63, 3.8) is 0 Å². The van der Waals surface area contributed by atoms with Crippen LogP contribution >= 0.6 is 0 Å². The number of ether oxygens (including phenoxy) is 1. The van der Waals surface area contributed by atoms with E-state index in [-0.39, 0.29) is 49.1 Å². The highest BCUT2D eigenvalue weighted by Crippen LogP contribution is 2.37. The maximum atomic E-state index is 13.5. The van der Waals surface area contributed by atoms with Gasteiger partial charge in [0, 0.05) is 35.1 Å². The van der Waals surface area contributed by atoms with Gasteiger partial charge in [-0.15, -0.1) is 0 Å².